The van der Waals surface area contributed by atoms with Crippen LogP contribution in [0, 0.1) is 20.8 Å². The monoisotopic (exact) mass is 363 g/mol. The van der Waals surface area contributed by atoms with Crippen LogP contribution in [0.25, 0.3) is 10.9 Å². The van der Waals surface area contributed by atoms with Crippen LogP contribution in [0.2, 0.25) is 0 Å². The first-order valence-electron chi connectivity index (χ1n) is 8.58. The first kappa shape index (κ1) is 18.5. The molecular weight excluding hydrogens is 342 g/mol. The van der Waals surface area contributed by atoms with Gasteiger partial charge in [-0.1, -0.05) is 17.7 Å². The van der Waals surface area contributed by atoms with E-state index in [0.29, 0.717) is 16.8 Å². The lowest BCUT2D eigenvalue weighted by atomic mass is 10.00. The van der Waals surface area contributed by atoms with Crippen LogP contribution in [0.1, 0.15) is 38.8 Å². The molecule has 0 bridgehead atoms. The highest BCUT2D eigenvalue weighted by molar-refractivity contribution is 6.07. The number of carboxylic acids is 1. The minimum Gasteiger partial charge on any atom is -0.479 e. The average Bonchev–Trinajstić information content (AvgIpc) is 2.62. The number of pyridine rings is 2. The second kappa shape index (κ2) is 7.15. The van der Waals surface area contributed by atoms with E-state index in [0.717, 1.165) is 22.0 Å². The van der Waals surface area contributed by atoms with Gasteiger partial charge >= 0.3 is 5.97 Å². The maximum Gasteiger partial charge on any atom is 0.331 e. The molecule has 0 saturated carbocycles. The number of likely N-dealkylation sites (N-methyl/N-ethyl adjacent to an activating group) is 1. The predicted molar refractivity (Wildman–Crippen MR) is 103 cm³/mol. The van der Waals surface area contributed by atoms with Crippen molar-refractivity contribution < 1.29 is 14.7 Å². The Bertz CT molecular complexity index is 1030. The predicted octanol–water partition coefficient (Wildman–Crippen LogP) is 3.45. The second-order valence-corrected chi connectivity index (χ2v) is 6.73. The summed E-state index contributed by atoms with van der Waals surface area (Å²) >= 11 is 0. The number of nitrogens with zero attached hydrogens (tertiary/aromatic N) is 3. The molecule has 138 valence electrons. The van der Waals surface area contributed by atoms with Crippen LogP contribution in [0.5, 0.6) is 0 Å². The van der Waals surface area contributed by atoms with Gasteiger partial charge in [-0.15, -0.1) is 0 Å². The molecule has 0 aliphatic rings. The number of aliphatic carboxylic acids is 1. The number of amides is 1. The summed E-state index contributed by atoms with van der Waals surface area (Å²) in [5, 5.41) is 10.4. The fraction of sp³-hybridized carbons (Fsp3) is 0.238. The standard InChI is InChI=1S/C21H21N3O3/c1-12-8-13(2)18-16(9-12)17(10-14(3)23-18)20(25)24(4)19(21(26)27)15-6-5-7-22-11-15/h5-11,19H,1-4H3,(H,26,27)/t19-/m0/s1. The van der Waals surface area contributed by atoms with Crippen LogP contribution in [0.3, 0.4) is 0 Å². The number of rotatable bonds is 4. The minimum absolute atomic E-state index is 0.369. The molecule has 27 heavy (non-hydrogen) atoms. The van der Waals surface area contributed by atoms with E-state index in [1.807, 2.05) is 32.9 Å². The van der Waals surface area contributed by atoms with E-state index in [4.69, 9.17) is 0 Å². The number of hydrogen-bond acceptors (Lipinski definition) is 4. The molecule has 1 amide bonds. The van der Waals surface area contributed by atoms with Crippen molar-refractivity contribution in [2.75, 3.05) is 7.05 Å². The van der Waals surface area contributed by atoms with Crippen molar-refractivity contribution >= 4 is 22.8 Å². The molecule has 3 aromatic rings. The lowest BCUT2D eigenvalue weighted by Gasteiger charge is -2.25. The van der Waals surface area contributed by atoms with E-state index in [2.05, 4.69) is 9.97 Å². The Kier molecular flexibility index (Phi) is 4.90. The van der Waals surface area contributed by atoms with Crippen molar-refractivity contribution in [3.63, 3.8) is 0 Å². The quantitative estimate of drug-likeness (QED) is 0.767. The largest absolute Gasteiger partial charge is 0.479 e. The topological polar surface area (TPSA) is 83.4 Å². The van der Waals surface area contributed by atoms with Crippen molar-refractivity contribution in [2.45, 2.75) is 26.8 Å². The third-order valence-corrected chi connectivity index (χ3v) is 4.55. The van der Waals surface area contributed by atoms with Crippen LogP contribution in [-0.2, 0) is 4.79 Å². The van der Waals surface area contributed by atoms with Gasteiger partial charge < -0.3 is 10.0 Å². The number of carbonyl (C=O) groups excluding carboxylic acids is 1. The zero-order chi connectivity index (χ0) is 19.7. The molecule has 0 spiro atoms. The Morgan fingerprint density at radius 1 is 1.15 bits per heavy atom. The Morgan fingerprint density at radius 2 is 1.89 bits per heavy atom. The van der Waals surface area contributed by atoms with E-state index < -0.39 is 12.0 Å². The van der Waals surface area contributed by atoms with Crippen LogP contribution < -0.4 is 0 Å². The molecule has 0 aliphatic heterocycles. The maximum absolute atomic E-state index is 13.3. The molecule has 6 nitrogen and oxygen atoms in total. The molecular formula is C21H21N3O3. The summed E-state index contributed by atoms with van der Waals surface area (Å²) in [5.74, 6) is -1.48. The molecule has 3 rings (SSSR count). The Labute approximate surface area is 157 Å². The molecule has 0 radical (unpaired) electrons. The first-order chi connectivity index (χ1) is 12.8. The van der Waals surface area contributed by atoms with Crippen molar-refractivity contribution in [1.29, 1.82) is 0 Å². The summed E-state index contributed by atoms with van der Waals surface area (Å²) in [7, 11) is 1.50. The van der Waals surface area contributed by atoms with Gasteiger partial charge in [0, 0.05) is 36.1 Å². The second-order valence-electron chi connectivity index (χ2n) is 6.73. The minimum atomic E-state index is -1.12. The fourth-order valence-electron chi connectivity index (χ4n) is 3.36. The van der Waals surface area contributed by atoms with Crippen LogP contribution in [0.4, 0.5) is 0 Å². The molecule has 1 aromatic carbocycles. The zero-order valence-electron chi connectivity index (χ0n) is 15.7. The van der Waals surface area contributed by atoms with Gasteiger partial charge in [0.25, 0.3) is 5.91 Å². The van der Waals surface area contributed by atoms with E-state index in [1.165, 1.54) is 18.1 Å². The molecule has 0 aliphatic carbocycles. The molecule has 6 heteroatoms. The van der Waals surface area contributed by atoms with Gasteiger partial charge in [-0.3, -0.25) is 14.8 Å². The number of carboxylic acid groups (broad SMARTS) is 1. The smallest absolute Gasteiger partial charge is 0.331 e. The molecule has 1 atom stereocenters. The normalized spacial score (nSPS) is 12.0. The third-order valence-electron chi connectivity index (χ3n) is 4.55. The van der Waals surface area contributed by atoms with E-state index in [9.17, 15) is 14.7 Å². The van der Waals surface area contributed by atoms with Crippen molar-refractivity contribution in [1.82, 2.24) is 14.9 Å². The number of aryl methyl sites for hydroxylation is 3. The zero-order valence-corrected chi connectivity index (χ0v) is 15.7. The molecule has 2 heterocycles. The first-order valence-corrected chi connectivity index (χ1v) is 8.58. The summed E-state index contributed by atoms with van der Waals surface area (Å²) in [6.07, 6.45) is 3.03. The summed E-state index contributed by atoms with van der Waals surface area (Å²) in [4.78, 5) is 34.9. The highest BCUT2D eigenvalue weighted by Gasteiger charge is 2.30. The van der Waals surface area contributed by atoms with Crippen molar-refractivity contribution in [3.05, 3.63) is 70.7 Å². The molecule has 0 saturated heterocycles. The van der Waals surface area contributed by atoms with E-state index >= 15 is 0 Å². The van der Waals surface area contributed by atoms with Gasteiger partial charge in [0.2, 0.25) is 0 Å². The summed E-state index contributed by atoms with van der Waals surface area (Å²) < 4.78 is 0. The molecule has 0 fully saturated rings. The lowest BCUT2D eigenvalue weighted by Crippen LogP contribution is -2.36. The fourth-order valence-corrected chi connectivity index (χ4v) is 3.36. The van der Waals surface area contributed by atoms with Crippen molar-refractivity contribution in [3.8, 4) is 0 Å². The summed E-state index contributed by atoms with van der Waals surface area (Å²) in [6.45, 7) is 5.74. The Balaban J connectivity index is 2.13. The summed E-state index contributed by atoms with van der Waals surface area (Å²) in [6, 6.07) is 7.82. The van der Waals surface area contributed by atoms with E-state index in [-0.39, 0.29) is 5.91 Å². The Hall–Kier alpha value is -3.28. The highest BCUT2D eigenvalue weighted by Crippen LogP contribution is 2.27. The maximum atomic E-state index is 13.3. The average molecular weight is 363 g/mol. The van der Waals surface area contributed by atoms with Crippen LogP contribution in [0.15, 0.2) is 42.7 Å². The van der Waals surface area contributed by atoms with Crippen LogP contribution >= 0.6 is 0 Å². The highest BCUT2D eigenvalue weighted by atomic mass is 16.4. The van der Waals surface area contributed by atoms with Crippen LogP contribution in [-0.4, -0.2) is 38.9 Å². The summed E-state index contributed by atoms with van der Waals surface area (Å²) in [5.41, 5.74) is 4.35. The number of hydrogen-bond donors (Lipinski definition) is 1. The van der Waals surface area contributed by atoms with Gasteiger partial charge in [0.05, 0.1) is 11.1 Å². The number of fused-ring (bicyclic) bond motifs is 1. The molecule has 2 aromatic heterocycles. The van der Waals surface area contributed by atoms with Gasteiger partial charge in [-0.05, 0) is 44.5 Å². The van der Waals surface area contributed by atoms with E-state index in [1.54, 1.807) is 24.4 Å². The van der Waals surface area contributed by atoms with Gasteiger partial charge in [-0.2, -0.15) is 0 Å². The molecule has 1 N–H and O–H groups in total. The van der Waals surface area contributed by atoms with Crippen molar-refractivity contribution in [2.24, 2.45) is 0 Å². The lowest BCUT2D eigenvalue weighted by molar-refractivity contribution is -0.142. The Morgan fingerprint density at radius 3 is 2.52 bits per heavy atom. The molecule has 0 unspecified atom stereocenters. The third kappa shape index (κ3) is 3.51. The SMILES string of the molecule is Cc1cc(C)c2nc(C)cc(C(=O)N(C)[C@H](C(=O)O)c3cccnc3)c2c1. The van der Waals surface area contributed by atoms with Gasteiger partial charge in [0.1, 0.15) is 0 Å². The van der Waals surface area contributed by atoms with Gasteiger partial charge in [0.15, 0.2) is 6.04 Å². The van der Waals surface area contributed by atoms with Gasteiger partial charge in [-0.25, -0.2) is 4.79 Å². The number of aromatic nitrogens is 2. The number of carbonyl (C=O) groups is 2. The number of benzene rings is 1.